The third-order valence-electron chi connectivity index (χ3n) is 4.39. The molecule has 28 heavy (non-hydrogen) atoms. The third-order valence-corrected chi connectivity index (χ3v) is 4.39. The van der Waals surface area contributed by atoms with Crippen molar-refractivity contribution >= 4 is 17.5 Å². The molecule has 0 bridgehead atoms. The predicted molar refractivity (Wildman–Crippen MR) is 104 cm³/mol. The zero-order valence-electron chi connectivity index (χ0n) is 17.0. The summed E-state index contributed by atoms with van der Waals surface area (Å²) in [6.45, 7) is 8.66. The van der Waals surface area contributed by atoms with E-state index in [4.69, 9.17) is 14.2 Å². The Labute approximate surface area is 164 Å². The molecule has 0 saturated carbocycles. The largest absolute Gasteiger partial charge is 0.493 e. The first-order valence-electron chi connectivity index (χ1n) is 8.97. The Bertz CT molecular complexity index is 912. The first kappa shape index (κ1) is 21.2. The van der Waals surface area contributed by atoms with Crippen LogP contribution in [-0.2, 0) is 4.74 Å². The van der Waals surface area contributed by atoms with Crippen LogP contribution in [0.25, 0.3) is 0 Å². The van der Waals surface area contributed by atoms with E-state index < -0.39 is 17.9 Å². The van der Waals surface area contributed by atoms with E-state index in [1.165, 1.54) is 27.0 Å². The normalized spacial score (nSPS) is 11.6. The van der Waals surface area contributed by atoms with E-state index in [1.807, 2.05) is 6.92 Å². The van der Waals surface area contributed by atoms with E-state index in [0.717, 1.165) is 0 Å². The molecule has 2 rings (SSSR count). The number of hydrogen-bond donors (Lipinski definition) is 1. The van der Waals surface area contributed by atoms with Gasteiger partial charge in [-0.2, -0.15) is 0 Å². The molecule has 2 aromatic rings. The van der Waals surface area contributed by atoms with Crippen molar-refractivity contribution in [3.63, 3.8) is 0 Å². The molecule has 0 saturated heterocycles. The van der Waals surface area contributed by atoms with Crippen LogP contribution in [0.1, 0.15) is 63.2 Å². The van der Waals surface area contributed by atoms with Crippen LogP contribution in [-0.4, -0.2) is 42.3 Å². The Morgan fingerprint density at radius 2 is 1.82 bits per heavy atom. The summed E-state index contributed by atoms with van der Waals surface area (Å²) < 4.78 is 16.0. The maximum atomic E-state index is 12.7. The maximum Gasteiger partial charge on any atom is 0.338 e. The Morgan fingerprint density at radius 1 is 1.14 bits per heavy atom. The van der Waals surface area contributed by atoms with Crippen LogP contribution in [0.3, 0.4) is 0 Å². The average Bonchev–Trinajstić information content (AvgIpc) is 2.95. The van der Waals surface area contributed by atoms with Crippen molar-refractivity contribution in [2.45, 2.75) is 40.7 Å². The molecule has 0 spiro atoms. The van der Waals surface area contributed by atoms with Crippen molar-refractivity contribution in [3.05, 3.63) is 46.3 Å². The highest BCUT2D eigenvalue weighted by atomic mass is 16.5. The highest BCUT2D eigenvalue weighted by molar-refractivity contribution is 6.05. The van der Waals surface area contributed by atoms with Gasteiger partial charge in [-0.1, -0.05) is 0 Å². The molecule has 0 radical (unpaired) electrons. The molecule has 1 atom stereocenters. The summed E-state index contributed by atoms with van der Waals surface area (Å²) in [5.74, 6) is -0.275. The molecule has 150 valence electrons. The minimum atomic E-state index is -1.03. The van der Waals surface area contributed by atoms with Crippen molar-refractivity contribution in [3.8, 4) is 11.5 Å². The van der Waals surface area contributed by atoms with Crippen molar-refractivity contribution in [1.82, 2.24) is 4.98 Å². The number of rotatable bonds is 8. The van der Waals surface area contributed by atoms with Gasteiger partial charge in [0.1, 0.15) is 0 Å². The number of carbonyl (C=O) groups excluding carboxylic acids is 3. The van der Waals surface area contributed by atoms with Crippen LogP contribution in [0, 0.1) is 13.8 Å². The summed E-state index contributed by atoms with van der Waals surface area (Å²) in [7, 11) is 1.47. The first-order chi connectivity index (χ1) is 13.2. The molecule has 0 aliphatic rings. The zero-order valence-corrected chi connectivity index (χ0v) is 17.0. The molecule has 1 aromatic carbocycles. The molecule has 0 unspecified atom stereocenters. The molecule has 1 heterocycles. The number of nitrogens with one attached hydrogen (secondary N) is 1. The lowest BCUT2D eigenvalue weighted by atomic mass is 10.0. The molecule has 7 heteroatoms. The van der Waals surface area contributed by atoms with Crippen LogP contribution >= 0.6 is 0 Å². The monoisotopic (exact) mass is 387 g/mol. The van der Waals surface area contributed by atoms with Gasteiger partial charge in [0.15, 0.2) is 23.4 Å². The molecule has 1 N–H and O–H groups in total. The molecule has 1 aromatic heterocycles. The summed E-state index contributed by atoms with van der Waals surface area (Å²) in [5.41, 5.74) is 2.16. The standard InChI is InChI=1S/C21H25NO6/c1-7-27-16-9-8-15(10-17(16)26-6)21(25)28-14(5)20(24)19-11(2)18(13(4)23)12(3)22-19/h8-10,14,22H,7H2,1-6H3/t14-/m0/s1. The highest BCUT2D eigenvalue weighted by Gasteiger charge is 2.26. The van der Waals surface area contributed by atoms with Gasteiger partial charge in [0.05, 0.1) is 25.0 Å². The number of esters is 1. The Morgan fingerprint density at radius 3 is 2.36 bits per heavy atom. The van der Waals surface area contributed by atoms with Gasteiger partial charge < -0.3 is 19.2 Å². The van der Waals surface area contributed by atoms with Crippen LogP contribution in [0.5, 0.6) is 11.5 Å². The van der Waals surface area contributed by atoms with E-state index >= 15 is 0 Å². The van der Waals surface area contributed by atoms with Crippen molar-refractivity contribution < 1.29 is 28.6 Å². The van der Waals surface area contributed by atoms with E-state index in [1.54, 1.807) is 26.0 Å². The summed E-state index contributed by atoms with van der Waals surface area (Å²) in [6, 6.07) is 4.66. The number of ether oxygens (including phenoxy) is 3. The lowest BCUT2D eigenvalue weighted by Gasteiger charge is -2.14. The predicted octanol–water partition coefficient (Wildman–Crippen LogP) is 3.67. The van der Waals surface area contributed by atoms with Gasteiger partial charge >= 0.3 is 5.97 Å². The Hall–Kier alpha value is -3.09. The topological polar surface area (TPSA) is 94.7 Å². The van der Waals surface area contributed by atoms with Gasteiger partial charge in [0.2, 0.25) is 5.78 Å². The van der Waals surface area contributed by atoms with Crippen LogP contribution in [0.4, 0.5) is 0 Å². The number of H-pyrrole nitrogens is 1. The average molecular weight is 387 g/mol. The quantitative estimate of drug-likeness (QED) is 0.549. The SMILES string of the molecule is CCOc1ccc(C(=O)O[C@@H](C)C(=O)c2[nH]c(C)c(C(C)=O)c2C)cc1OC. The smallest absolute Gasteiger partial charge is 0.338 e. The van der Waals surface area contributed by atoms with Crippen LogP contribution < -0.4 is 9.47 Å². The number of methoxy groups -OCH3 is 1. The number of hydrogen-bond acceptors (Lipinski definition) is 6. The van der Waals surface area contributed by atoms with Gasteiger partial charge in [0.25, 0.3) is 0 Å². The fraction of sp³-hybridized carbons (Fsp3) is 0.381. The van der Waals surface area contributed by atoms with Gasteiger partial charge in [-0.15, -0.1) is 0 Å². The second-order valence-electron chi connectivity index (χ2n) is 6.39. The number of ketones is 2. The van der Waals surface area contributed by atoms with Gasteiger partial charge in [-0.05, 0) is 58.4 Å². The molecule has 0 aliphatic carbocycles. The van der Waals surface area contributed by atoms with Crippen molar-refractivity contribution in [1.29, 1.82) is 0 Å². The number of aryl methyl sites for hydroxylation is 1. The number of aromatic nitrogens is 1. The molecule has 7 nitrogen and oxygen atoms in total. The fourth-order valence-corrected chi connectivity index (χ4v) is 3.08. The molecule has 0 amide bonds. The number of Topliss-reactive ketones (excluding diaryl/α,β-unsaturated/α-hetero) is 2. The number of aromatic amines is 1. The van der Waals surface area contributed by atoms with Gasteiger partial charge in [0, 0.05) is 11.3 Å². The van der Waals surface area contributed by atoms with E-state index in [9.17, 15) is 14.4 Å². The molecule has 0 fully saturated rings. The maximum absolute atomic E-state index is 12.7. The summed E-state index contributed by atoms with van der Waals surface area (Å²) in [5, 5.41) is 0. The van der Waals surface area contributed by atoms with Gasteiger partial charge in [-0.3, -0.25) is 9.59 Å². The minimum absolute atomic E-state index is 0.128. The second kappa shape index (κ2) is 8.73. The second-order valence-corrected chi connectivity index (χ2v) is 6.39. The minimum Gasteiger partial charge on any atom is -0.493 e. The summed E-state index contributed by atoms with van der Waals surface area (Å²) >= 11 is 0. The van der Waals surface area contributed by atoms with Crippen molar-refractivity contribution in [2.24, 2.45) is 0 Å². The van der Waals surface area contributed by atoms with E-state index in [0.29, 0.717) is 34.9 Å². The fourth-order valence-electron chi connectivity index (χ4n) is 3.08. The molecular weight excluding hydrogens is 362 g/mol. The zero-order chi connectivity index (χ0) is 21.0. The van der Waals surface area contributed by atoms with Crippen LogP contribution in [0.2, 0.25) is 0 Å². The first-order valence-corrected chi connectivity index (χ1v) is 8.97. The number of carbonyl (C=O) groups is 3. The lowest BCUT2D eigenvalue weighted by Crippen LogP contribution is -2.25. The van der Waals surface area contributed by atoms with Crippen LogP contribution in [0.15, 0.2) is 18.2 Å². The number of benzene rings is 1. The van der Waals surface area contributed by atoms with E-state index in [-0.39, 0.29) is 17.0 Å². The summed E-state index contributed by atoms with van der Waals surface area (Å²) in [6.07, 6.45) is -1.03. The lowest BCUT2D eigenvalue weighted by molar-refractivity contribution is 0.0316. The van der Waals surface area contributed by atoms with E-state index in [2.05, 4.69) is 4.98 Å². The van der Waals surface area contributed by atoms with Crippen molar-refractivity contribution in [2.75, 3.05) is 13.7 Å². The third kappa shape index (κ3) is 4.24. The van der Waals surface area contributed by atoms with Gasteiger partial charge in [-0.25, -0.2) is 4.79 Å². The molecular formula is C21H25NO6. The summed E-state index contributed by atoms with van der Waals surface area (Å²) in [4.78, 5) is 39.9. The Kier molecular flexibility index (Phi) is 6.62. The molecule has 0 aliphatic heterocycles. The highest BCUT2D eigenvalue weighted by Crippen LogP contribution is 2.28. The Balaban J connectivity index is 2.19.